The summed E-state index contributed by atoms with van der Waals surface area (Å²) in [4.78, 5) is 9.97. The number of fused-ring (bicyclic) bond motifs is 1. The summed E-state index contributed by atoms with van der Waals surface area (Å²) >= 11 is 0. The molecule has 2 aromatic carbocycles. The normalized spacial score (nSPS) is 17.3. The molecule has 4 aromatic rings. The molecule has 0 radical (unpaired) electrons. The van der Waals surface area contributed by atoms with Gasteiger partial charge in [0.25, 0.3) is 0 Å². The van der Waals surface area contributed by atoms with E-state index < -0.39 is 6.10 Å². The lowest BCUT2D eigenvalue weighted by Gasteiger charge is -2.30. The highest BCUT2D eigenvalue weighted by Crippen LogP contribution is 2.37. The predicted molar refractivity (Wildman–Crippen MR) is 131 cm³/mol. The van der Waals surface area contributed by atoms with Crippen molar-refractivity contribution >= 4 is 5.82 Å². The number of H-pyrrole nitrogens is 1. The molecule has 1 aliphatic rings. The lowest BCUT2D eigenvalue weighted by molar-refractivity contribution is 0.148. The summed E-state index contributed by atoms with van der Waals surface area (Å²) in [7, 11) is 0. The van der Waals surface area contributed by atoms with Gasteiger partial charge in [-0.15, -0.1) is 5.10 Å². The van der Waals surface area contributed by atoms with Crippen LogP contribution < -0.4 is 5.32 Å². The lowest BCUT2D eigenvalue weighted by Crippen LogP contribution is -2.30. The standard InChI is InChI=1S/C26H29N7O/c1-16-7-11-18(12-8-16)23-24(19-13-9-17(2)10-14-19)29-26-25(28-23)21(34)15-20(27-26)5-3-4-6-22-30-32-33-31-22/h7-14,20-21,34H,3-6,15H2,1-2H3,(H,27,29)(H,30,31,32,33). The number of unbranched alkanes of at least 4 members (excludes halogenated alkanes) is 1. The second kappa shape index (κ2) is 9.69. The highest BCUT2D eigenvalue weighted by atomic mass is 16.3. The van der Waals surface area contributed by atoms with Crippen molar-refractivity contribution in [3.8, 4) is 22.5 Å². The van der Waals surface area contributed by atoms with E-state index in [1.54, 1.807) is 0 Å². The minimum atomic E-state index is -0.650. The maximum absolute atomic E-state index is 11.0. The van der Waals surface area contributed by atoms with Crippen LogP contribution in [0.2, 0.25) is 0 Å². The summed E-state index contributed by atoms with van der Waals surface area (Å²) in [5.74, 6) is 1.48. The molecule has 0 aliphatic carbocycles. The molecular weight excluding hydrogens is 426 g/mol. The van der Waals surface area contributed by atoms with Crippen LogP contribution in [0.4, 0.5) is 5.82 Å². The van der Waals surface area contributed by atoms with Gasteiger partial charge in [-0.25, -0.2) is 15.1 Å². The third kappa shape index (κ3) is 4.82. The van der Waals surface area contributed by atoms with Gasteiger partial charge in [-0.3, -0.25) is 0 Å². The van der Waals surface area contributed by atoms with E-state index in [-0.39, 0.29) is 6.04 Å². The van der Waals surface area contributed by atoms with Crippen molar-refractivity contribution < 1.29 is 5.11 Å². The Morgan fingerprint density at radius 2 is 1.53 bits per heavy atom. The minimum Gasteiger partial charge on any atom is -0.387 e. The van der Waals surface area contributed by atoms with E-state index in [1.807, 2.05) is 0 Å². The molecule has 34 heavy (non-hydrogen) atoms. The first-order valence-electron chi connectivity index (χ1n) is 11.8. The molecule has 174 valence electrons. The predicted octanol–water partition coefficient (Wildman–Crippen LogP) is 4.57. The molecule has 5 rings (SSSR count). The third-order valence-corrected chi connectivity index (χ3v) is 6.34. The number of aryl methyl sites for hydroxylation is 3. The molecule has 0 saturated heterocycles. The lowest BCUT2D eigenvalue weighted by atomic mass is 9.95. The number of anilines is 1. The molecule has 2 aromatic heterocycles. The van der Waals surface area contributed by atoms with Crippen molar-refractivity contribution in [1.29, 1.82) is 0 Å². The average Bonchev–Trinajstić information content (AvgIpc) is 3.36. The molecule has 0 fully saturated rings. The molecule has 0 amide bonds. The van der Waals surface area contributed by atoms with Crippen LogP contribution >= 0.6 is 0 Å². The Morgan fingerprint density at radius 3 is 2.15 bits per heavy atom. The molecule has 0 spiro atoms. The van der Waals surface area contributed by atoms with Crippen molar-refractivity contribution in [2.45, 2.75) is 58.1 Å². The maximum atomic E-state index is 11.0. The van der Waals surface area contributed by atoms with Crippen molar-refractivity contribution in [3.63, 3.8) is 0 Å². The summed E-state index contributed by atoms with van der Waals surface area (Å²) in [6, 6.07) is 16.8. The van der Waals surface area contributed by atoms with Gasteiger partial charge in [0.2, 0.25) is 0 Å². The van der Waals surface area contributed by atoms with Crippen molar-refractivity contribution in [2.24, 2.45) is 0 Å². The van der Waals surface area contributed by atoms with Crippen LogP contribution in [0.5, 0.6) is 0 Å². The highest BCUT2D eigenvalue weighted by Gasteiger charge is 2.29. The zero-order valence-corrected chi connectivity index (χ0v) is 19.5. The van der Waals surface area contributed by atoms with Crippen LogP contribution in [0.1, 0.15) is 54.4 Å². The number of nitrogens with one attached hydrogen (secondary N) is 2. The summed E-state index contributed by atoms with van der Waals surface area (Å²) in [5.41, 5.74) is 6.62. The number of rotatable bonds is 7. The molecule has 2 atom stereocenters. The Morgan fingerprint density at radius 1 is 0.882 bits per heavy atom. The fourth-order valence-corrected chi connectivity index (χ4v) is 4.40. The summed E-state index contributed by atoms with van der Waals surface area (Å²) in [6.45, 7) is 4.14. The number of aliphatic hydroxyl groups excluding tert-OH is 1. The molecule has 3 N–H and O–H groups in total. The Bertz CT molecular complexity index is 1240. The van der Waals surface area contributed by atoms with E-state index in [0.29, 0.717) is 17.9 Å². The van der Waals surface area contributed by atoms with Gasteiger partial charge in [-0.2, -0.15) is 0 Å². The molecule has 8 nitrogen and oxygen atoms in total. The Kier molecular flexibility index (Phi) is 6.31. The molecule has 1 aliphatic heterocycles. The van der Waals surface area contributed by atoms with Crippen LogP contribution in [-0.2, 0) is 6.42 Å². The van der Waals surface area contributed by atoms with Crippen LogP contribution in [0.25, 0.3) is 22.5 Å². The van der Waals surface area contributed by atoms with Gasteiger partial charge in [0.1, 0.15) is 17.6 Å². The maximum Gasteiger partial charge on any atom is 0.151 e. The average molecular weight is 456 g/mol. The van der Waals surface area contributed by atoms with E-state index in [9.17, 15) is 5.11 Å². The first-order valence-corrected chi connectivity index (χ1v) is 11.8. The van der Waals surface area contributed by atoms with Gasteiger partial charge in [-0.1, -0.05) is 66.1 Å². The number of benzene rings is 2. The highest BCUT2D eigenvalue weighted by molar-refractivity contribution is 5.79. The molecule has 2 unspecified atom stereocenters. The van der Waals surface area contributed by atoms with Crippen LogP contribution in [0.3, 0.4) is 0 Å². The van der Waals surface area contributed by atoms with E-state index in [0.717, 1.165) is 54.0 Å². The summed E-state index contributed by atoms with van der Waals surface area (Å²) in [5, 5.41) is 28.5. The first kappa shape index (κ1) is 22.2. The van der Waals surface area contributed by atoms with Crippen molar-refractivity contribution in [2.75, 3.05) is 5.32 Å². The van der Waals surface area contributed by atoms with E-state index >= 15 is 0 Å². The van der Waals surface area contributed by atoms with E-state index in [4.69, 9.17) is 9.97 Å². The molecule has 3 heterocycles. The SMILES string of the molecule is Cc1ccc(-c2nc3c(nc2-c2ccc(C)cc2)C(O)CC(CCCCc2nnn[nH]2)N3)cc1. The number of hydrogen-bond acceptors (Lipinski definition) is 7. The van der Waals surface area contributed by atoms with Gasteiger partial charge in [0, 0.05) is 23.6 Å². The number of nitrogens with zero attached hydrogens (tertiary/aromatic N) is 5. The molecule has 0 bridgehead atoms. The number of aromatic nitrogens is 6. The van der Waals surface area contributed by atoms with Crippen LogP contribution in [0, 0.1) is 13.8 Å². The Balaban J connectivity index is 1.42. The fourth-order valence-electron chi connectivity index (χ4n) is 4.40. The second-order valence-corrected chi connectivity index (χ2v) is 9.07. The second-order valence-electron chi connectivity index (χ2n) is 9.07. The number of aliphatic hydroxyl groups is 1. The van der Waals surface area contributed by atoms with Crippen molar-refractivity contribution in [3.05, 3.63) is 71.2 Å². The van der Waals surface area contributed by atoms with Crippen LogP contribution in [0.15, 0.2) is 48.5 Å². The monoisotopic (exact) mass is 455 g/mol. The van der Waals surface area contributed by atoms with Gasteiger partial charge < -0.3 is 10.4 Å². The van der Waals surface area contributed by atoms with E-state index in [2.05, 4.69) is 88.3 Å². The third-order valence-electron chi connectivity index (χ3n) is 6.34. The molecule has 0 saturated carbocycles. The van der Waals surface area contributed by atoms with Gasteiger partial charge in [0.15, 0.2) is 5.82 Å². The number of hydrogen-bond donors (Lipinski definition) is 3. The fraction of sp³-hybridized carbons (Fsp3) is 0.346. The van der Waals surface area contributed by atoms with Gasteiger partial charge in [0.05, 0.1) is 11.4 Å². The minimum absolute atomic E-state index is 0.140. The zero-order chi connectivity index (χ0) is 23.5. The molecule has 8 heteroatoms. The summed E-state index contributed by atoms with van der Waals surface area (Å²) in [6.07, 6.45) is 3.69. The largest absolute Gasteiger partial charge is 0.387 e. The smallest absolute Gasteiger partial charge is 0.151 e. The molecular formula is C26H29N7O. The number of aromatic amines is 1. The van der Waals surface area contributed by atoms with Gasteiger partial charge >= 0.3 is 0 Å². The number of tetrazole rings is 1. The quantitative estimate of drug-likeness (QED) is 0.350. The van der Waals surface area contributed by atoms with Gasteiger partial charge in [-0.05, 0) is 43.5 Å². The summed E-state index contributed by atoms with van der Waals surface area (Å²) < 4.78 is 0. The van der Waals surface area contributed by atoms with E-state index in [1.165, 1.54) is 11.1 Å². The Labute approximate surface area is 198 Å². The Hall–Kier alpha value is -3.65. The topological polar surface area (TPSA) is 112 Å². The van der Waals surface area contributed by atoms with Crippen LogP contribution in [-0.4, -0.2) is 41.7 Å². The zero-order valence-electron chi connectivity index (χ0n) is 19.5. The first-order chi connectivity index (χ1) is 16.6. The van der Waals surface area contributed by atoms with Crippen molar-refractivity contribution in [1.82, 2.24) is 30.6 Å².